The molecule has 2 aromatic rings. The highest BCUT2D eigenvalue weighted by Gasteiger charge is 2.19. The van der Waals surface area contributed by atoms with Gasteiger partial charge >= 0.3 is 5.97 Å². The Morgan fingerprint density at radius 3 is 2.87 bits per heavy atom. The maximum Gasteiger partial charge on any atom is 0.355 e. The van der Waals surface area contributed by atoms with Crippen LogP contribution in [0.5, 0.6) is 0 Å². The number of nitrogens with one attached hydrogen (secondary N) is 1. The number of benzene rings is 1. The predicted molar refractivity (Wildman–Crippen MR) is 93.7 cm³/mol. The van der Waals surface area contributed by atoms with Crippen molar-refractivity contribution in [3.05, 3.63) is 47.2 Å². The number of H-pyrrole nitrogens is 1. The maximum absolute atomic E-state index is 12.3. The Morgan fingerprint density at radius 2 is 2.00 bits per heavy atom. The second kappa shape index (κ2) is 7.49. The number of carbonyl (C=O) groups excluding carboxylic acids is 1. The van der Waals surface area contributed by atoms with Gasteiger partial charge in [-0.3, -0.25) is 0 Å². The molecule has 1 heterocycles. The highest BCUT2D eigenvalue weighted by atomic mass is 16.5. The molecule has 3 nitrogen and oxygen atoms in total. The Hall–Kier alpha value is -2.03. The Morgan fingerprint density at radius 1 is 1.17 bits per heavy atom. The van der Waals surface area contributed by atoms with E-state index in [0.29, 0.717) is 12.3 Å². The number of ether oxygens (including phenoxy) is 1. The molecule has 1 aliphatic rings. The van der Waals surface area contributed by atoms with Crippen molar-refractivity contribution >= 4 is 16.9 Å². The first kappa shape index (κ1) is 15.9. The summed E-state index contributed by atoms with van der Waals surface area (Å²) in [6.07, 6.45) is 10.7. The minimum Gasteiger partial charge on any atom is -0.461 e. The average molecular weight is 311 g/mol. The van der Waals surface area contributed by atoms with Gasteiger partial charge in [-0.25, -0.2) is 4.79 Å². The highest BCUT2D eigenvalue weighted by Crippen LogP contribution is 2.28. The standard InChI is InChI=1S/C20H25NO2/c1-2-23-20(22)19-17(16-12-8-9-13-18(16)21-19)14-15-10-6-4-3-5-7-11-15/h8-10,12-13,21H,2-7,11,14H2,1H3/b15-10+. The fourth-order valence-electron chi connectivity index (χ4n) is 3.41. The van der Waals surface area contributed by atoms with Crippen LogP contribution < -0.4 is 0 Å². The van der Waals surface area contributed by atoms with Gasteiger partial charge in [-0.05, 0) is 50.7 Å². The van der Waals surface area contributed by atoms with Crippen LogP contribution in [-0.4, -0.2) is 17.6 Å². The molecule has 0 saturated heterocycles. The molecule has 0 bridgehead atoms. The van der Waals surface area contributed by atoms with Gasteiger partial charge in [0.25, 0.3) is 0 Å². The number of hydrogen-bond donors (Lipinski definition) is 1. The molecule has 3 heteroatoms. The fourth-order valence-corrected chi connectivity index (χ4v) is 3.41. The largest absolute Gasteiger partial charge is 0.461 e. The molecule has 0 fully saturated rings. The molecule has 0 saturated carbocycles. The summed E-state index contributed by atoms with van der Waals surface area (Å²) in [4.78, 5) is 15.6. The minimum atomic E-state index is -0.245. The van der Waals surface area contributed by atoms with Crippen LogP contribution in [0.4, 0.5) is 0 Å². The number of carbonyl (C=O) groups is 1. The molecule has 0 amide bonds. The number of aromatic amines is 1. The van der Waals surface area contributed by atoms with Crippen LogP contribution in [0.15, 0.2) is 35.9 Å². The highest BCUT2D eigenvalue weighted by molar-refractivity contribution is 5.98. The topological polar surface area (TPSA) is 42.1 Å². The number of allylic oxidation sites excluding steroid dienone is 2. The molecule has 1 N–H and O–H groups in total. The zero-order valence-electron chi connectivity index (χ0n) is 13.9. The van der Waals surface area contributed by atoms with E-state index >= 15 is 0 Å². The SMILES string of the molecule is CCOC(=O)c1[nH]c2ccccc2c1C/C1=C/CCCCCC1. The lowest BCUT2D eigenvalue weighted by atomic mass is 9.94. The third-order valence-corrected chi connectivity index (χ3v) is 4.58. The Balaban J connectivity index is 1.96. The summed E-state index contributed by atoms with van der Waals surface area (Å²) < 4.78 is 5.24. The van der Waals surface area contributed by atoms with E-state index in [1.165, 1.54) is 31.3 Å². The van der Waals surface area contributed by atoms with Gasteiger partial charge in [-0.15, -0.1) is 0 Å². The molecule has 0 unspecified atom stereocenters. The maximum atomic E-state index is 12.3. The number of aromatic nitrogens is 1. The quantitative estimate of drug-likeness (QED) is 0.625. The molecule has 122 valence electrons. The molecular formula is C20H25NO2. The minimum absolute atomic E-state index is 0.245. The lowest BCUT2D eigenvalue weighted by molar-refractivity contribution is 0.0519. The Kier molecular flexibility index (Phi) is 5.16. The number of para-hydroxylation sites is 1. The first-order chi connectivity index (χ1) is 11.3. The molecule has 3 rings (SSSR count). The van der Waals surface area contributed by atoms with Crippen molar-refractivity contribution in [1.29, 1.82) is 0 Å². The summed E-state index contributed by atoms with van der Waals surface area (Å²) in [5, 5.41) is 1.14. The van der Waals surface area contributed by atoms with Crippen molar-refractivity contribution in [2.24, 2.45) is 0 Å². The summed E-state index contributed by atoms with van der Waals surface area (Å²) in [6.45, 7) is 2.24. The van der Waals surface area contributed by atoms with Crippen LogP contribution in [0.25, 0.3) is 10.9 Å². The summed E-state index contributed by atoms with van der Waals surface area (Å²) in [6, 6.07) is 8.13. The van der Waals surface area contributed by atoms with Gasteiger partial charge in [0.2, 0.25) is 0 Å². The molecule has 0 atom stereocenters. The van der Waals surface area contributed by atoms with Crippen LogP contribution in [0.3, 0.4) is 0 Å². The van der Waals surface area contributed by atoms with Crippen LogP contribution in [0.2, 0.25) is 0 Å². The van der Waals surface area contributed by atoms with Gasteiger partial charge in [0, 0.05) is 10.9 Å². The van der Waals surface area contributed by atoms with Gasteiger partial charge in [-0.2, -0.15) is 0 Å². The zero-order valence-corrected chi connectivity index (χ0v) is 13.9. The van der Waals surface area contributed by atoms with E-state index in [4.69, 9.17) is 4.74 Å². The van der Waals surface area contributed by atoms with E-state index in [0.717, 1.165) is 35.7 Å². The molecule has 0 radical (unpaired) electrons. The van der Waals surface area contributed by atoms with E-state index in [2.05, 4.69) is 17.1 Å². The second-order valence-corrected chi connectivity index (χ2v) is 6.24. The van der Waals surface area contributed by atoms with Crippen LogP contribution in [-0.2, 0) is 11.2 Å². The van der Waals surface area contributed by atoms with Crippen LogP contribution in [0, 0.1) is 0 Å². The fraction of sp³-hybridized carbons (Fsp3) is 0.450. The lowest BCUT2D eigenvalue weighted by Crippen LogP contribution is -2.08. The van der Waals surface area contributed by atoms with Gasteiger partial charge in [0.1, 0.15) is 5.69 Å². The van der Waals surface area contributed by atoms with E-state index in [1.807, 2.05) is 25.1 Å². The normalized spacial score (nSPS) is 18.0. The van der Waals surface area contributed by atoms with Crippen molar-refractivity contribution < 1.29 is 9.53 Å². The third kappa shape index (κ3) is 3.66. The van der Waals surface area contributed by atoms with Crippen molar-refractivity contribution in [3.8, 4) is 0 Å². The van der Waals surface area contributed by atoms with Crippen molar-refractivity contribution in [2.75, 3.05) is 6.61 Å². The Bertz CT molecular complexity index is 712. The molecule has 0 spiro atoms. The summed E-state index contributed by atoms with van der Waals surface area (Å²) in [7, 11) is 0. The Labute approximate surface area is 137 Å². The molecular weight excluding hydrogens is 286 g/mol. The first-order valence-corrected chi connectivity index (χ1v) is 8.74. The van der Waals surface area contributed by atoms with E-state index < -0.39 is 0 Å². The molecule has 23 heavy (non-hydrogen) atoms. The van der Waals surface area contributed by atoms with E-state index in [9.17, 15) is 4.79 Å². The smallest absolute Gasteiger partial charge is 0.355 e. The van der Waals surface area contributed by atoms with Gasteiger partial charge < -0.3 is 9.72 Å². The molecule has 1 aromatic carbocycles. The molecule has 0 aliphatic heterocycles. The number of hydrogen-bond acceptors (Lipinski definition) is 2. The second-order valence-electron chi connectivity index (χ2n) is 6.24. The van der Waals surface area contributed by atoms with Crippen LogP contribution >= 0.6 is 0 Å². The predicted octanol–water partition coefficient (Wildman–Crippen LogP) is 5.17. The van der Waals surface area contributed by atoms with E-state index in [-0.39, 0.29) is 5.97 Å². The lowest BCUT2D eigenvalue weighted by Gasteiger charge is -2.12. The first-order valence-electron chi connectivity index (χ1n) is 8.74. The van der Waals surface area contributed by atoms with Crippen molar-refractivity contribution in [3.63, 3.8) is 0 Å². The van der Waals surface area contributed by atoms with Gasteiger partial charge in [0.15, 0.2) is 0 Å². The van der Waals surface area contributed by atoms with Crippen molar-refractivity contribution in [2.45, 2.75) is 51.9 Å². The third-order valence-electron chi connectivity index (χ3n) is 4.58. The van der Waals surface area contributed by atoms with E-state index in [1.54, 1.807) is 0 Å². The average Bonchev–Trinajstić information content (AvgIpc) is 2.89. The van der Waals surface area contributed by atoms with Crippen molar-refractivity contribution in [1.82, 2.24) is 4.98 Å². The zero-order chi connectivity index (χ0) is 16.1. The monoisotopic (exact) mass is 311 g/mol. The number of fused-ring (bicyclic) bond motifs is 1. The van der Waals surface area contributed by atoms with Gasteiger partial charge in [0.05, 0.1) is 6.61 Å². The number of rotatable bonds is 4. The summed E-state index contributed by atoms with van der Waals surface area (Å²) in [5.41, 5.74) is 4.18. The number of esters is 1. The van der Waals surface area contributed by atoms with Gasteiger partial charge in [-0.1, -0.05) is 42.7 Å². The molecule has 1 aliphatic carbocycles. The summed E-state index contributed by atoms with van der Waals surface area (Å²) in [5.74, 6) is -0.245. The van der Waals surface area contributed by atoms with Crippen LogP contribution in [0.1, 0.15) is 61.5 Å². The molecule has 1 aromatic heterocycles. The summed E-state index contributed by atoms with van der Waals surface area (Å²) >= 11 is 0.